The Balaban J connectivity index is 2.69. The molecule has 1 aromatic carbocycles. The molecule has 0 aliphatic heterocycles. The first kappa shape index (κ1) is 18.2. The van der Waals surface area contributed by atoms with Gasteiger partial charge in [-0.2, -0.15) is 0 Å². The van der Waals surface area contributed by atoms with Gasteiger partial charge < -0.3 is 10.6 Å². The van der Waals surface area contributed by atoms with Crippen molar-refractivity contribution in [3.05, 3.63) is 35.4 Å². The van der Waals surface area contributed by atoms with Gasteiger partial charge in [0, 0.05) is 18.5 Å². The topological polar surface area (TPSA) is 74.8 Å². The van der Waals surface area contributed by atoms with Crippen LogP contribution in [0.2, 0.25) is 0 Å². The van der Waals surface area contributed by atoms with Gasteiger partial charge in [0.2, 0.25) is 0 Å². The molecule has 1 atom stereocenters. The maximum atomic E-state index is 11.7. The van der Waals surface area contributed by atoms with E-state index in [-0.39, 0.29) is 18.5 Å². The summed E-state index contributed by atoms with van der Waals surface area (Å²) in [6.45, 7) is 8.83. The number of hydrogen-bond donors (Lipinski definition) is 3. The van der Waals surface area contributed by atoms with Crippen molar-refractivity contribution in [2.75, 3.05) is 13.6 Å². The predicted molar refractivity (Wildman–Crippen MR) is 87.5 cm³/mol. The molecule has 0 saturated heterocycles. The molecule has 0 saturated carbocycles. The quantitative estimate of drug-likeness (QED) is 0.745. The molecule has 0 aromatic heterocycles. The number of nitrogens with two attached hydrogens (primary N) is 1. The fourth-order valence-electron chi connectivity index (χ4n) is 2.37. The first-order chi connectivity index (χ1) is 10.3. The second-order valence-corrected chi connectivity index (χ2v) is 6.16. The van der Waals surface area contributed by atoms with Crippen molar-refractivity contribution in [1.29, 1.82) is 0 Å². The highest BCUT2D eigenvalue weighted by atomic mass is 16.2. The highest BCUT2D eigenvalue weighted by Gasteiger charge is 2.21. The predicted octanol–water partition coefficient (Wildman–Crippen LogP) is 1.53. The molecule has 4 N–H and O–H groups in total. The van der Waals surface area contributed by atoms with Gasteiger partial charge in [0.25, 0.3) is 5.91 Å². The Morgan fingerprint density at radius 2 is 1.59 bits per heavy atom. The van der Waals surface area contributed by atoms with Crippen LogP contribution in [0.4, 0.5) is 4.79 Å². The molecule has 0 unspecified atom stereocenters. The summed E-state index contributed by atoms with van der Waals surface area (Å²) >= 11 is 0. The van der Waals surface area contributed by atoms with Gasteiger partial charge in [-0.05, 0) is 11.5 Å². The molecule has 122 valence electrons. The van der Waals surface area contributed by atoms with Crippen molar-refractivity contribution in [2.45, 2.75) is 39.7 Å². The molecule has 5 nitrogen and oxygen atoms in total. The Morgan fingerprint density at radius 1 is 1.05 bits per heavy atom. The van der Waals surface area contributed by atoms with E-state index in [0.29, 0.717) is 11.8 Å². The van der Waals surface area contributed by atoms with E-state index in [1.807, 2.05) is 5.32 Å². The van der Waals surface area contributed by atoms with E-state index in [1.54, 1.807) is 0 Å². The van der Waals surface area contributed by atoms with Gasteiger partial charge in [0.1, 0.15) is 6.04 Å². The van der Waals surface area contributed by atoms with Crippen LogP contribution in [0.1, 0.15) is 50.8 Å². The van der Waals surface area contributed by atoms with Gasteiger partial charge in [-0.1, -0.05) is 52.0 Å². The Hall–Kier alpha value is -1.88. The van der Waals surface area contributed by atoms with Crippen molar-refractivity contribution in [3.8, 4) is 0 Å². The van der Waals surface area contributed by atoms with E-state index < -0.39 is 6.03 Å². The van der Waals surface area contributed by atoms with E-state index in [1.165, 1.54) is 18.2 Å². The number of urea groups is 1. The van der Waals surface area contributed by atoms with Crippen LogP contribution in [0.3, 0.4) is 0 Å². The van der Waals surface area contributed by atoms with Gasteiger partial charge in [0.15, 0.2) is 6.54 Å². The van der Waals surface area contributed by atoms with Crippen LogP contribution in [0.5, 0.6) is 0 Å². The summed E-state index contributed by atoms with van der Waals surface area (Å²) in [4.78, 5) is 22.8. The van der Waals surface area contributed by atoms with Crippen LogP contribution in [-0.2, 0) is 4.79 Å². The monoisotopic (exact) mass is 306 g/mol. The number of imide groups is 1. The third-order valence-electron chi connectivity index (χ3n) is 3.74. The van der Waals surface area contributed by atoms with Gasteiger partial charge in [-0.15, -0.1) is 0 Å². The van der Waals surface area contributed by atoms with Crippen LogP contribution in [0, 0.1) is 5.92 Å². The SMILES string of the molecule is CNC(=O)NC(=O)C[NH2+][C@@H](c1ccc(C(C)C)cc1)C(C)C. The van der Waals surface area contributed by atoms with Crippen molar-refractivity contribution in [2.24, 2.45) is 5.92 Å². The molecular weight excluding hydrogens is 278 g/mol. The minimum absolute atomic E-state index is 0.191. The summed E-state index contributed by atoms with van der Waals surface area (Å²) in [6.07, 6.45) is 0. The van der Waals surface area contributed by atoms with Crippen LogP contribution in [0.25, 0.3) is 0 Å². The average Bonchev–Trinajstić information content (AvgIpc) is 2.47. The van der Waals surface area contributed by atoms with E-state index in [2.05, 4.69) is 62.6 Å². The van der Waals surface area contributed by atoms with E-state index in [9.17, 15) is 9.59 Å². The van der Waals surface area contributed by atoms with Crippen LogP contribution >= 0.6 is 0 Å². The molecule has 0 spiro atoms. The Morgan fingerprint density at radius 3 is 2.05 bits per heavy atom. The lowest BCUT2D eigenvalue weighted by Crippen LogP contribution is -2.88. The molecule has 0 radical (unpaired) electrons. The lowest BCUT2D eigenvalue weighted by atomic mass is 9.93. The first-order valence-electron chi connectivity index (χ1n) is 7.79. The summed E-state index contributed by atoms with van der Waals surface area (Å²) in [5.41, 5.74) is 2.51. The number of amides is 3. The second kappa shape index (κ2) is 8.54. The zero-order valence-electron chi connectivity index (χ0n) is 14.1. The number of benzene rings is 1. The first-order valence-corrected chi connectivity index (χ1v) is 7.79. The average molecular weight is 306 g/mol. The number of hydrogen-bond acceptors (Lipinski definition) is 2. The minimum Gasteiger partial charge on any atom is -0.341 e. The Labute approximate surface area is 132 Å². The summed E-state index contributed by atoms with van der Waals surface area (Å²) in [7, 11) is 1.49. The summed E-state index contributed by atoms with van der Waals surface area (Å²) < 4.78 is 0. The highest BCUT2D eigenvalue weighted by Crippen LogP contribution is 2.21. The number of carbonyl (C=O) groups is 2. The fraction of sp³-hybridized carbons (Fsp3) is 0.529. The molecule has 5 heteroatoms. The van der Waals surface area contributed by atoms with E-state index in [0.717, 1.165) is 0 Å². The standard InChI is InChI=1S/C17H27N3O2/c1-11(2)13-6-8-14(9-7-13)16(12(3)4)19-10-15(21)20-17(22)18-5/h6-9,11-12,16,19H,10H2,1-5H3,(H2,18,20,21,22)/p+1/t16-/m1/s1. The van der Waals surface area contributed by atoms with Crippen molar-refractivity contribution >= 4 is 11.9 Å². The second-order valence-electron chi connectivity index (χ2n) is 6.16. The Kier molecular flexibility index (Phi) is 7.05. The number of quaternary nitrogens is 1. The number of nitrogens with one attached hydrogen (secondary N) is 2. The molecule has 1 aromatic rings. The molecular formula is C17H28N3O2+. The highest BCUT2D eigenvalue weighted by molar-refractivity contribution is 5.94. The fourth-order valence-corrected chi connectivity index (χ4v) is 2.37. The smallest absolute Gasteiger partial charge is 0.321 e. The molecule has 22 heavy (non-hydrogen) atoms. The zero-order valence-corrected chi connectivity index (χ0v) is 14.1. The Bertz CT molecular complexity index is 495. The molecule has 0 aliphatic rings. The summed E-state index contributed by atoms with van der Waals surface area (Å²) in [6, 6.07) is 8.28. The van der Waals surface area contributed by atoms with Crippen molar-refractivity contribution in [1.82, 2.24) is 10.6 Å². The molecule has 0 heterocycles. The van der Waals surface area contributed by atoms with Crippen LogP contribution in [0.15, 0.2) is 24.3 Å². The molecule has 1 rings (SSSR count). The van der Waals surface area contributed by atoms with Gasteiger partial charge >= 0.3 is 6.03 Å². The van der Waals surface area contributed by atoms with Crippen LogP contribution < -0.4 is 16.0 Å². The normalized spacial score (nSPS) is 12.3. The maximum absolute atomic E-state index is 11.7. The largest absolute Gasteiger partial charge is 0.341 e. The summed E-state index contributed by atoms with van der Waals surface area (Å²) in [5.74, 6) is 0.607. The lowest BCUT2D eigenvalue weighted by Gasteiger charge is -2.20. The number of carbonyl (C=O) groups excluding carboxylic acids is 2. The lowest BCUT2D eigenvalue weighted by molar-refractivity contribution is -0.692. The molecule has 0 aliphatic carbocycles. The van der Waals surface area contributed by atoms with Gasteiger partial charge in [0.05, 0.1) is 0 Å². The summed E-state index contributed by atoms with van der Waals surface area (Å²) in [5, 5.41) is 6.63. The maximum Gasteiger partial charge on any atom is 0.321 e. The van der Waals surface area contributed by atoms with E-state index in [4.69, 9.17) is 0 Å². The van der Waals surface area contributed by atoms with Crippen LogP contribution in [-0.4, -0.2) is 25.5 Å². The molecule has 3 amide bonds. The van der Waals surface area contributed by atoms with E-state index >= 15 is 0 Å². The van der Waals surface area contributed by atoms with Crippen molar-refractivity contribution < 1.29 is 14.9 Å². The third kappa shape index (κ3) is 5.48. The zero-order chi connectivity index (χ0) is 16.7. The number of rotatable bonds is 6. The van der Waals surface area contributed by atoms with Gasteiger partial charge in [-0.3, -0.25) is 10.1 Å². The molecule has 0 fully saturated rings. The van der Waals surface area contributed by atoms with Crippen molar-refractivity contribution in [3.63, 3.8) is 0 Å². The third-order valence-corrected chi connectivity index (χ3v) is 3.74. The minimum atomic E-state index is -0.471. The molecule has 0 bridgehead atoms. The van der Waals surface area contributed by atoms with Gasteiger partial charge in [-0.25, -0.2) is 4.79 Å².